The lowest BCUT2D eigenvalue weighted by Crippen LogP contribution is -2.35. The number of carbonyl (C=O) groups excluding carboxylic acids is 4. The van der Waals surface area contributed by atoms with Gasteiger partial charge < -0.3 is 19.8 Å². The van der Waals surface area contributed by atoms with E-state index < -0.39 is 30.4 Å². The lowest BCUT2D eigenvalue weighted by Gasteiger charge is -2.07. The number of aryl methyl sites for hydroxylation is 1. The van der Waals surface area contributed by atoms with Gasteiger partial charge in [-0.1, -0.05) is 11.8 Å². The molecule has 12 heteroatoms. The first-order chi connectivity index (χ1) is 13.8. The molecule has 0 unspecified atom stereocenters. The molecule has 0 aromatic carbocycles. The number of carbonyl (C=O) groups is 4. The molecule has 0 radical (unpaired) electrons. The van der Waals surface area contributed by atoms with Crippen molar-refractivity contribution >= 4 is 41.3 Å². The van der Waals surface area contributed by atoms with Crippen LogP contribution >= 0.6 is 11.8 Å². The lowest BCUT2D eigenvalue weighted by atomic mass is 10.3. The minimum Gasteiger partial charge on any atom is -0.462 e. The van der Waals surface area contributed by atoms with E-state index in [0.29, 0.717) is 5.69 Å². The van der Waals surface area contributed by atoms with Gasteiger partial charge in [0.15, 0.2) is 11.8 Å². The Bertz CT molecular complexity index is 929. The van der Waals surface area contributed by atoms with Crippen LogP contribution in [0.2, 0.25) is 0 Å². The molecule has 0 bridgehead atoms. The van der Waals surface area contributed by atoms with Crippen LogP contribution in [-0.4, -0.2) is 57.3 Å². The van der Waals surface area contributed by atoms with E-state index in [1.807, 2.05) is 0 Å². The molecule has 0 aliphatic rings. The molecule has 2 aromatic rings. The van der Waals surface area contributed by atoms with Crippen LogP contribution in [0, 0.1) is 0 Å². The molecule has 2 amide bonds. The van der Waals surface area contributed by atoms with E-state index >= 15 is 0 Å². The fourth-order valence-electron chi connectivity index (χ4n) is 2.05. The molecule has 2 heterocycles. The van der Waals surface area contributed by atoms with Crippen molar-refractivity contribution in [1.82, 2.24) is 19.9 Å². The second-order valence-electron chi connectivity index (χ2n) is 5.50. The van der Waals surface area contributed by atoms with Crippen LogP contribution in [0.3, 0.4) is 0 Å². The number of nitrogens with one attached hydrogen (secondary N) is 1. The van der Waals surface area contributed by atoms with Crippen molar-refractivity contribution in [3.63, 3.8) is 0 Å². The number of nitrogen functional groups attached to an aromatic ring is 1. The number of amides is 2. The summed E-state index contributed by atoms with van der Waals surface area (Å²) in [5.41, 5.74) is 6.01. The average Bonchev–Trinajstić information content (AvgIpc) is 3.11. The third kappa shape index (κ3) is 6.31. The summed E-state index contributed by atoms with van der Waals surface area (Å²) in [5.74, 6) is -2.98. The van der Waals surface area contributed by atoms with Crippen LogP contribution in [0.25, 0.3) is 0 Å². The Morgan fingerprint density at radius 1 is 1.28 bits per heavy atom. The van der Waals surface area contributed by atoms with Crippen molar-refractivity contribution in [2.75, 3.05) is 24.7 Å². The lowest BCUT2D eigenvalue weighted by molar-refractivity contribution is -0.145. The second kappa shape index (κ2) is 10.2. The molecule has 0 saturated carbocycles. The Morgan fingerprint density at radius 3 is 2.66 bits per heavy atom. The van der Waals surface area contributed by atoms with Crippen LogP contribution in [0.5, 0.6) is 0 Å². The highest BCUT2D eigenvalue weighted by atomic mass is 32.2. The van der Waals surface area contributed by atoms with Gasteiger partial charge in [-0.15, -0.1) is 0 Å². The molecule has 0 fully saturated rings. The van der Waals surface area contributed by atoms with E-state index in [2.05, 4.69) is 15.3 Å². The Balaban J connectivity index is 1.77. The fraction of sp³-hybridized carbons (Fsp3) is 0.294. The van der Waals surface area contributed by atoms with Crippen LogP contribution in [0.15, 0.2) is 29.7 Å². The molecule has 2 aromatic heterocycles. The van der Waals surface area contributed by atoms with Gasteiger partial charge in [0.25, 0.3) is 11.8 Å². The highest BCUT2D eigenvalue weighted by Crippen LogP contribution is 2.17. The Hall–Kier alpha value is -3.41. The van der Waals surface area contributed by atoms with Crippen LogP contribution in [0.4, 0.5) is 5.82 Å². The summed E-state index contributed by atoms with van der Waals surface area (Å²) >= 11 is 0.911. The summed E-state index contributed by atoms with van der Waals surface area (Å²) in [6, 6.07) is 3.20. The third-order valence-electron chi connectivity index (χ3n) is 3.40. The summed E-state index contributed by atoms with van der Waals surface area (Å²) in [6.07, 6.45) is 2.86. The first-order valence-corrected chi connectivity index (χ1v) is 9.34. The van der Waals surface area contributed by atoms with Gasteiger partial charge in [0.2, 0.25) is 0 Å². The molecular weight excluding hydrogens is 402 g/mol. The number of nitrogens with zero attached hydrogens (tertiary/aromatic N) is 3. The van der Waals surface area contributed by atoms with Gasteiger partial charge in [0.1, 0.15) is 17.1 Å². The fourth-order valence-corrected chi connectivity index (χ4v) is 2.67. The number of imide groups is 1. The van der Waals surface area contributed by atoms with Crippen molar-refractivity contribution in [3.8, 4) is 0 Å². The quantitative estimate of drug-likeness (QED) is 0.342. The molecule has 2 rings (SSSR count). The zero-order valence-electron chi connectivity index (χ0n) is 15.7. The zero-order chi connectivity index (χ0) is 21.4. The summed E-state index contributed by atoms with van der Waals surface area (Å²) in [6.45, 7) is 1.23. The summed E-state index contributed by atoms with van der Waals surface area (Å²) in [7, 11) is 1.66. The molecule has 11 nitrogen and oxygen atoms in total. The van der Waals surface area contributed by atoms with Gasteiger partial charge in [0.05, 0.1) is 12.4 Å². The van der Waals surface area contributed by atoms with E-state index in [9.17, 15) is 19.2 Å². The number of esters is 2. The highest BCUT2D eigenvalue weighted by Gasteiger charge is 2.16. The van der Waals surface area contributed by atoms with E-state index in [-0.39, 0.29) is 28.9 Å². The number of hydrogen-bond acceptors (Lipinski definition) is 10. The first-order valence-electron chi connectivity index (χ1n) is 8.35. The largest absolute Gasteiger partial charge is 0.462 e. The SMILES string of the molecule is CCOC(=O)c1cnc(SCC(=O)OCC(=O)NC(=O)c2cccn2C)nc1N. The molecule has 3 N–H and O–H groups in total. The molecule has 0 aliphatic carbocycles. The number of nitrogens with two attached hydrogens (primary N) is 1. The summed E-state index contributed by atoms with van der Waals surface area (Å²) in [5, 5.41) is 2.27. The molecule has 0 aliphatic heterocycles. The normalized spacial score (nSPS) is 10.3. The van der Waals surface area contributed by atoms with Crippen molar-refractivity contribution in [2.45, 2.75) is 12.1 Å². The third-order valence-corrected chi connectivity index (χ3v) is 4.24. The topological polar surface area (TPSA) is 156 Å². The Kier molecular flexibility index (Phi) is 7.71. The summed E-state index contributed by atoms with van der Waals surface area (Å²) in [4.78, 5) is 54.8. The van der Waals surface area contributed by atoms with Gasteiger partial charge in [0, 0.05) is 19.4 Å². The average molecular weight is 421 g/mol. The highest BCUT2D eigenvalue weighted by molar-refractivity contribution is 7.99. The Labute approximate surface area is 170 Å². The smallest absolute Gasteiger partial charge is 0.343 e. The zero-order valence-corrected chi connectivity index (χ0v) is 16.5. The van der Waals surface area contributed by atoms with Gasteiger partial charge in [-0.3, -0.25) is 19.7 Å². The molecule has 29 heavy (non-hydrogen) atoms. The monoisotopic (exact) mass is 421 g/mol. The minimum atomic E-state index is -0.756. The number of aromatic nitrogens is 3. The van der Waals surface area contributed by atoms with Gasteiger partial charge in [-0.25, -0.2) is 14.8 Å². The first kappa shape index (κ1) is 21.9. The van der Waals surface area contributed by atoms with Gasteiger partial charge in [-0.05, 0) is 19.1 Å². The van der Waals surface area contributed by atoms with Crippen LogP contribution in [0.1, 0.15) is 27.8 Å². The maximum atomic E-state index is 11.9. The van der Waals surface area contributed by atoms with Gasteiger partial charge >= 0.3 is 11.9 Å². The predicted molar refractivity (Wildman–Crippen MR) is 102 cm³/mol. The number of rotatable bonds is 8. The number of hydrogen-bond donors (Lipinski definition) is 2. The van der Waals surface area contributed by atoms with E-state index in [0.717, 1.165) is 11.8 Å². The molecule has 154 valence electrons. The van der Waals surface area contributed by atoms with Crippen LogP contribution < -0.4 is 11.1 Å². The predicted octanol–water partition coefficient (Wildman–Crippen LogP) is 0.166. The number of ether oxygens (including phenoxy) is 2. The van der Waals surface area contributed by atoms with Crippen molar-refractivity contribution in [1.29, 1.82) is 0 Å². The van der Waals surface area contributed by atoms with Crippen molar-refractivity contribution in [3.05, 3.63) is 35.8 Å². The van der Waals surface area contributed by atoms with Crippen molar-refractivity contribution in [2.24, 2.45) is 7.05 Å². The molecule has 0 saturated heterocycles. The standard InChI is InChI=1S/C17H19N5O6S/c1-3-27-16(26)10-7-19-17(21-14(10)18)29-9-13(24)28-8-12(23)20-15(25)11-5-4-6-22(11)2/h4-7H,3,8-9H2,1-2H3,(H2,18,19,21)(H,20,23,25). The molecular formula is C17H19N5O6S. The van der Waals surface area contributed by atoms with E-state index in [1.165, 1.54) is 6.20 Å². The maximum Gasteiger partial charge on any atom is 0.343 e. The summed E-state index contributed by atoms with van der Waals surface area (Å²) < 4.78 is 11.2. The van der Waals surface area contributed by atoms with E-state index in [1.54, 1.807) is 36.9 Å². The minimum absolute atomic E-state index is 0.0262. The second-order valence-corrected chi connectivity index (χ2v) is 6.45. The Morgan fingerprint density at radius 2 is 2.03 bits per heavy atom. The molecule has 0 atom stereocenters. The number of thioether (sulfide) groups is 1. The van der Waals surface area contributed by atoms with Crippen LogP contribution in [-0.2, 0) is 26.1 Å². The van der Waals surface area contributed by atoms with Gasteiger partial charge in [-0.2, -0.15) is 0 Å². The number of anilines is 1. The molecule has 0 spiro atoms. The van der Waals surface area contributed by atoms with Crippen molar-refractivity contribution < 1.29 is 28.7 Å². The maximum absolute atomic E-state index is 11.9. The van der Waals surface area contributed by atoms with E-state index in [4.69, 9.17) is 15.2 Å².